The average molecular weight is 374 g/mol. The lowest BCUT2D eigenvalue weighted by Gasteiger charge is -2.09. The minimum absolute atomic E-state index is 0.234. The normalized spacial score (nSPS) is 10.8. The Hall–Kier alpha value is -3.07. The second-order valence-electron chi connectivity index (χ2n) is 5.37. The standard InChI is InChI=1S/C17H14N2O6S/c1-19-15(22)11-4-3-9(16(23)24-2)5-12(11)18-17(19)26-8-10-6-13(20)14(21)7-25-10/h3-7,21H,8H2,1-2H3. The van der Waals surface area contributed by atoms with E-state index in [1.54, 1.807) is 7.05 Å². The van der Waals surface area contributed by atoms with Crippen LogP contribution in [0.2, 0.25) is 0 Å². The summed E-state index contributed by atoms with van der Waals surface area (Å²) in [6.07, 6.45) is 0.966. The van der Waals surface area contributed by atoms with Gasteiger partial charge in [-0.1, -0.05) is 11.8 Å². The van der Waals surface area contributed by atoms with Crippen LogP contribution in [0, 0.1) is 0 Å². The van der Waals surface area contributed by atoms with Crippen molar-refractivity contribution >= 4 is 28.6 Å². The quantitative estimate of drug-likeness (QED) is 0.417. The van der Waals surface area contributed by atoms with Gasteiger partial charge >= 0.3 is 5.97 Å². The number of aromatic hydroxyl groups is 1. The van der Waals surface area contributed by atoms with Crippen LogP contribution >= 0.6 is 11.8 Å². The zero-order chi connectivity index (χ0) is 18.8. The topological polar surface area (TPSA) is 112 Å². The first-order valence-corrected chi connectivity index (χ1v) is 8.42. The number of nitrogens with zero attached hydrogens (tertiary/aromatic N) is 2. The second-order valence-corrected chi connectivity index (χ2v) is 6.31. The van der Waals surface area contributed by atoms with Crippen LogP contribution in [0.15, 0.2) is 49.7 Å². The largest absolute Gasteiger partial charge is 0.502 e. The average Bonchev–Trinajstić information content (AvgIpc) is 2.65. The number of hydrogen-bond acceptors (Lipinski definition) is 8. The first-order chi connectivity index (χ1) is 12.4. The van der Waals surface area contributed by atoms with Gasteiger partial charge in [-0.25, -0.2) is 9.78 Å². The molecule has 0 aliphatic carbocycles. The van der Waals surface area contributed by atoms with Gasteiger partial charge in [0.25, 0.3) is 5.56 Å². The number of thioether (sulfide) groups is 1. The molecule has 2 aromatic heterocycles. The van der Waals surface area contributed by atoms with Gasteiger partial charge < -0.3 is 14.3 Å². The molecule has 0 bridgehead atoms. The van der Waals surface area contributed by atoms with Gasteiger partial charge in [0.15, 0.2) is 10.9 Å². The third-order valence-corrected chi connectivity index (χ3v) is 4.72. The molecule has 0 amide bonds. The molecule has 1 aromatic carbocycles. The maximum Gasteiger partial charge on any atom is 0.337 e. The van der Waals surface area contributed by atoms with Gasteiger partial charge in [0, 0.05) is 13.1 Å². The van der Waals surface area contributed by atoms with Crippen molar-refractivity contribution in [1.82, 2.24) is 9.55 Å². The number of rotatable bonds is 4. The predicted molar refractivity (Wildman–Crippen MR) is 94.5 cm³/mol. The van der Waals surface area contributed by atoms with E-state index in [1.165, 1.54) is 47.7 Å². The Labute approximate surface area is 151 Å². The van der Waals surface area contributed by atoms with E-state index < -0.39 is 17.1 Å². The summed E-state index contributed by atoms with van der Waals surface area (Å²) in [5.41, 5.74) is -0.150. The highest BCUT2D eigenvalue weighted by atomic mass is 32.2. The molecule has 0 aliphatic rings. The lowest BCUT2D eigenvalue weighted by atomic mass is 10.1. The molecule has 9 heteroatoms. The summed E-state index contributed by atoms with van der Waals surface area (Å²) < 4.78 is 11.2. The number of esters is 1. The van der Waals surface area contributed by atoms with E-state index in [0.717, 1.165) is 6.26 Å². The van der Waals surface area contributed by atoms with Gasteiger partial charge in [0.2, 0.25) is 5.43 Å². The molecule has 3 aromatic rings. The van der Waals surface area contributed by atoms with Crippen molar-refractivity contribution in [3.8, 4) is 5.75 Å². The van der Waals surface area contributed by atoms with Crippen LogP contribution in [0.25, 0.3) is 10.9 Å². The highest BCUT2D eigenvalue weighted by Crippen LogP contribution is 2.22. The number of hydrogen-bond donors (Lipinski definition) is 1. The van der Waals surface area contributed by atoms with Crippen LogP contribution in [0.5, 0.6) is 5.75 Å². The molecule has 0 radical (unpaired) electrons. The van der Waals surface area contributed by atoms with Crippen LogP contribution in [-0.2, 0) is 17.5 Å². The highest BCUT2D eigenvalue weighted by molar-refractivity contribution is 7.98. The Morgan fingerprint density at radius 1 is 1.35 bits per heavy atom. The minimum Gasteiger partial charge on any atom is -0.502 e. The van der Waals surface area contributed by atoms with Gasteiger partial charge in [-0.2, -0.15) is 0 Å². The van der Waals surface area contributed by atoms with E-state index in [0.29, 0.717) is 27.4 Å². The second kappa shape index (κ2) is 7.04. The molecule has 3 rings (SSSR count). The fraction of sp³-hybridized carbons (Fsp3) is 0.176. The van der Waals surface area contributed by atoms with Crippen LogP contribution in [0.1, 0.15) is 16.1 Å². The number of ether oxygens (including phenoxy) is 1. The van der Waals surface area contributed by atoms with E-state index in [-0.39, 0.29) is 11.3 Å². The summed E-state index contributed by atoms with van der Waals surface area (Å²) in [5.74, 6) is -0.423. The Morgan fingerprint density at radius 3 is 2.81 bits per heavy atom. The maximum atomic E-state index is 12.5. The van der Waals surface area contributed by atoms with Crippen molar-refractivity contribution in [3.63, 3.8) is 0 Å². The molecule has 0 saturated heterocycles. The summed E-state index contributed by atoms with van der Waals surface area (Å²) >= 11 is 1.19. The highest BCUT2D eigenvalue weighted by Gasteiger charge is 2.13. The van der Waals surface area contributed by atoms with Crippen molar-refractivity contribution < 1.29 is 19.1 Å². The first-order valence-electron chi connectivity index (χ1n) is 7.43. The summed E-state index contributed by atoms with van der Waals surface area (Å²) in [6, 6.07) is 5.71. The van der Waals surface area contributed by atoms with E-state index in [1.807, 2.05) is 0 Å². The summed E-state index contributed by atoms with van der Waals surface area (Å²) in [6.45, 7) is 0. The van der Waals surface area contributed by atoms with Gasteiger partial charge in [-0.3, -0.25) is 14.2 Å². The summed E-state index contributed by atoms with van der Waals surface area (Å²) in [7, 11) is 2.86. The molecule has 1 N–H and O–H groups in total. The number of methoxy groups -OCH3 is 1. The molecular formula is C17H14N2O6S. The van der Waals surface area contributed by atoms with E-state index in [9.17, 15) is 19.5 Å². The minimum atomic E-state index is -0.546. The Balaban J connectivity index is 1.97. The Kier molecular flexibility index (Phi) is 4.81. The third-order valence-electron chi connectivity index (χ3n) is 3.67. The monoisotopic (exact) mass is 374 g/mol. The summed E-state index contributed by atoms with van der Waals surface area (Å²) in [5, 5.41) is 9.98. The Morgan fingerprint density at radius 2 is 2.12 bits per heavy atom. The number of benzene rings is 1. The molecule has 0 aliphatic heterocycles. The van der Waals surface area contributed by atoms with Crippen molar-refractivity contribution in [3.05, 3.63) is 62.4 Å². The van der Waals surface area contributed by atoms with Crippen LogP contribution in [0.4, 0.5) is 0 Å². The molecule has 0 saturated carbocycles. The lowest BCUT2D eigenvalue weighted by Crippen LogP contribution is -2.20. The smallest absolute Gasteiger partial charge is 0.337 e. The van der Waals surface area contributed by atoms with Gasteiger partial charge in [-0.15, -0.1) is 0 Å². The number of carbonyl (C=O) groups is 1. The molecular weight excluding hydrogens is 360 g/mol. The van der Waals surface area contributed by atoms with Crippen molar-refractivity contribution in [2.45, 2.75) is 10.9 Å². The molecule has 8 nitrogen and oxygen atoms in total. The molecule has 0 fully saturated rings. The fourth-order valence-electron chi connectivity index (χ4n) is 2.28. The van der Waals surface area contributed by atoms with E-state index >= 15 is 0 Å². The predicted octanol–water partition coefficient (Wildman–Crippen LogP) is 1.67. The maximum absolute atomic E-state index is 12.5. The van der Waals surface area contributed by atoms with Crippen molar-refractivity contribution in [1.29, 1.82) is 0 Å². The molecule has 26 heavy (non-hydrogen) atoms. The SMILES string of the molecule is COC(=O)c1ccc2c(=O)n(C)c(SCc3cc(=O)c(O)co3)nc2c1. The van der Waals surface area contributed by atoms with Crippen molar-refractivity contribution in [2.24, 2.45) is 7.05 Å². The van der Waals surface area contributed by atoms with Crippen LogP contribution in [0.3, 0.4) is 0 Å². The van der Waals surface area contributed by atoms with Crippen molar-refractivity contribution in [2.75, 3.05) is 7.11 Å². The number of aromatic nitrogens is 2. The number of fused-ring (bicyclic) bond motifs is 1. The van der Waals surface area contributed by atoms with Gasteiger partial charge in [0.1, 0.15) is 12.0 Å². The Bertz CT molecular complexity index is 1120. The zero-order valence-electron chi connectivity index (χ0n) is 13.9. The van der Waals surface area contributed by atoms with E-state index in [4.69, 9.17) is 4.42 Å². The summed E-state index contributed by atoms with van der Waals surface area (Å²) in [4.78, 5) is 40.0. The number of carbonyl (C=O) groups excluding carboxylic acids is 1. The molecule has 0 atom stereocenters. The fourth-order valence-corrected chi connectivity index (χ4v) is 3.14. The van der Waals surface area contributed by atoms with Crippen LogP contribution < -0.4 is 11.0 Å². The molecule has 134 valence electrons. The lowest BCUT2D eigenvalue weighted by molar-refractivity contribution is 0.0601. The molecule has 0 spiro atoms. The molecule has 0 unspecified atom stereocenters. The molecule has 2 heterocycles. The zero-order valence-corrected chi connectivity index (χ0v) is 14.7. The van der Waals surface area contributed by atoms with Crippen LogP contribution in [-0.4, -0.2) is 27.7 Å². The van der Waals surface area contributed by atoms with Gasteiger partial charge in [0.05, 0.1) is 29.3 Å². The third kappa shape index (κ3) is 3.33. The first kappa shape index (κ1) is 17.7. The van der Waals surface area contributed by atoms with Gasteiger partial charge in [-0.05, 0) is 18.2 Å². The van der Waals surface area contributed by atoms with E-state index in [2.05, 4.69) is 9.72 Å².